The number of hydrogen-bond donors (Lipinski definition) is 1. The highest BCUT2D eigenvalue weighted by Gasteiger charge is 2.29. The molecular formula is C6H13NO2S2. The number of hydrogen-bond acceptors (Lipinski definition) is 4. The molecule has 0 aliphatic carbocycles. The van der Waals surface area contributed by atoms with Gasteiger partial charge in [-0.2, -0.15) is 12.6 Å². The zero-order valence-corrected chi connectivity index (χ0v) is 8.24. The van der Waals surface area contributed by atoms with E-state index in [1.165, 1.54) is 0 Å². The minimum Gasteiger partial charge on any atom is -0.293 e. The van der Waals surface area contributed by atoms with Gasteiger partial charge in [0.05, 0.1) is 11.5 Å². The van der Waals surface area contributed by atoms with E-state index in [0.717, 1.165) is 6.42 Å². The molecule has 1 atom stereocenters. The van der Waals surface area contributed by atoms with Gasteiger partial charge in [0.25, 0.3) is 0 Å². The lowest BCUT2D eigenvalue weighted by atomic mass is 10.2. The minimum atomic E-state index is -2.73. The summed E-state index contributed by atoms with van der Waals surface area (Å²) in [6, 6.07) is 0.192. The van der Waals surface area contributed by atoms with Gasteiger partial charge in [-0.3, -0.25) is 4.90 Å². The lowest BCUT2D eigenvalue weighted by molar-refractivity contribution is 0.308. The summed E-state index contributed by atoms with van der Waals surface area (Å²) in [6.07, 6.45) is 0.763. The molecule has 0 aromatic carbocycles. The van der Waals surface area contributed by atoms with Gasteiger partial charge in [0.15, 0.2) is 9.84 Å². The Labute approximate surface area is 73.1 Å². The molecule has 0 amide bonds. The van der Waals surface area contributed by atoms with Gasteiger partial charge in [-0.15, -0.1) is 0 Å². The fourth-order valence-electron chi connectivity index (χ4n) is 1.24. The molecule has 66 valence electrons. The summed E-state index contributed by atoms with van der Waals surface area (Å²) in [7, 11) is -0.825. The van der Waals surface area contributed by atoms with Crippen molar-refractivity contribution in [2.75, 3.05) is 24.4 Å². The standard InChI is InChI=1S/C6H13NO2S2/c1-7(5-10)6-2-3-11(8,9)4-6/h6,10H,2-5H2,1H3. The number of thiol groups is 1. The fraction of sp³-hybridized carbons (Fsp3) is 1.00. The summed E-state index contributed by atoms with van der Waals surface area (Å²) in [6.45, 7) is 0. The van der Waals surface area contributed by atoms with Crippen molar-refractivity contribution in [3.63, 3.8) is 0 Å². The predicted molar refractivity (Wildman–Crippen MR) is 48.7 cm³/mol. The maximum Gasteiger partial charge on any atom is 0.151 e. The Morgan fingerprint density at radius 2 is 2.27 bits per heavy atom. The summed E-state index contributed by atoms with van der Waals surface area (Å²) >= 11 is 4.08. The molecule has 0 saturated carbocycles. The quantitative estimate of drug-likeness (QED) is 0.497. The Morgan fingerprint density at radius 3 is 2.64 bits per heavy atom. The van der Waals surface area contributed by atoms with Crippen LogP contribution in [0, 0.1) is 0 Å². The van der Waals surface area contributed by atoms with E-state index in [2.05, 4.69) is 12.6 Å². The maximum absolute atomic E-state index is 11.0. The van der Waals surface area contributed by atoms with E-state index in [4.69, 9.17) is 0 Å². The highest BCUT2D eigenvalue weighted by molar-refractivity contribution is 7.91. The van der Waals surface area contributed by atoms with Gasteiger partial charge in [-0.25, -0.2) is 8.42 Å². The molecule has 3 nitrogen and oxygen atoms in total. The van der Waals surface area contributed by atoms with Crippen LogP contribution in [0.2, 0.25) is 0 Å². The SMILES string of the molecule is CN(CS)C1CCS(=O)(=O)C1. The third-order valence-corrected chi connectivity index (χ3v) is 4.25. The smallest absolute Gasteiger partial charge is 0.151 e. The van der Waals surface area contributed by atoms with Crippen molar-refractivity contribution in [1.29, 1.82) is 0 Å². The molecular weight excluding hydrogens is 182 g/mol. The van der Waals surface area contributed by atoms with Crippen LogP contribution in [0.15, 0.2) is 0 Å². The van der Waals surface area contributed by atoms with Crippen LogP contribution in [0.4, 0.5) is 0 Å². The van der Waals surface area contributed by atoms with Crippen LogP contribution in [0.3, 0.4) is 0 Å². The summed E-state index contributed by atoms with van der Waals surface area (Å²) in [5.74, 6) is 1.28. The van der Waals surface area contributed by atoms with E-state index in [9.17, 15) is 8.42 Å². The second-order valence-corrected chi connectivity index (χ2v) is 5.47. The summed E-state index contributed by atoms with van der Waals surface area (Å²) < 4.78 is 22.0. The molecule has 1 rings (SSSR count). The molecule has 0 aromatic rings. The Hall–Kier alpha value is 0.260. The van der Waals surface area contributed by atoms with E-state index in [1.807, 2.05) is 11.9 Å². The van der Waals surface area contributed by atoms with Crippen molar-refractivity contribution in [3.8, 4) is 0 Å². The first-order valence-electron chi connectivity index (χ1n) is 3.57. The van der Waals surface area contributed by atoms with Gasteiger partial charge in [0, 0.05) is 11.9 Å². The largest absolute Gasteiger partial charge is 0.293 e. The maximum atomic E-state index is 11.0. The molecule has 1 unspecified atom stereocenters. The highest BCUT2D eigenvalue weighted by atomic mass is 32.2. The van der Waals surface area contributed by atoms with Crippen molar-refractivity contribution in [2.45, 2.75) is 12.5 Å². The van der Waals surface area contributed by atoms with Gasteiger partial charge in [0.2, 0.25) is 0 Å². The minimum absolute atomic E-state index is 0.192. The number of rotatable bonds is 2. The van der Waals surface area contributed by atoms with E-state index < -0.39 is 9.84 Å². The third kappa shape index (κ3) is 2.35. The van der Waals surface area contributed by atoms with Crippen LogP contribution in [0.5, 0.6) is 0 Å². The molecule has 1 fully saturated rings. The van der Waals surface area contributed by atoms with E-state index in [-0.39, 0.29) is 6.04 Å². The van der Waals surface area contributed by atoms with Crippen molar-refractivity contribution in [2.24, 2.45) is 0 Å². The van der Waals surface area contributed by atoms with Gasteiger partial charge in [-0.1, -0.05) is 0 Å². The van der Waals surface area contributed by atoms with Crippen molar-refractivity contribution < 1.29 is 8.42 Å². The topological polar surface area (TPSA) is 37.4 Å². The Kier molecular flexibility index (Phi) is 2.83. The van der Waals surface area contributed by atoms with Crippen molar-refractivity contribution >= 4 is 22.5 Å². The molecule has 5 heteroatoms. The lowest BCUT2D eigenvalue weighted by Gasteiger charge is -2.19. The predicted octanol–water partition coefficient (Wildman–Crippen LogP) is -0.00740. The molecule has 0 radical (unpaired) electrons. The fourth-order valence-corrected chi connectivity index (χ4v) is 3.27. The van der Waals surface area contributed by atoms with Crippen molar-refractivity contribution in [1.82, 2.24) is 4.90 Å². The first kappa shape index (κ1) is 9.35. The van der Waals surface area contributed by atoms with Crippen molar-refractivity contribution in [3.05, 3.63) is 0 Å². The van der Waals surface area contributed by atoms with Crippen LogP contribution in [-0.2, 0) is 9.84 Å². The average Bonchev–Trinajstić information content (AvgIpc) is 2.29. The molecule has 0 N–H and O–H groups in total. The van der Waals surface area contributed by atoms with Gasteiger partial charge in [-0.05, 0) is 13.5 Å². The van der Waals surface area contributed by atoms with Crippen LogP contribution in [0.25, 0.3) is 0 Å². The zero-order valence-electron chi connectivity index (χ0n) is 6.52. The van der Waals surface area contributed by atoms with E-state index >= 15 is 0 Å². The second-order valence-electron chi connectivity index (χ2n) is 2.96. The molecule has 1 aliphatic rings. The summed E-state index contributed by atoms with van der Waals surface area (Å²) in [4.78, 5) is 1.97. The van der Waals surface area contributed by atoms with Crippen LogP contribution in [-0.4, -0.2) is 43.8 Å². The highest BCUT2D eigenvalue weighted by Crippen LogP contribution is 2.16. The summed E-state index contributed by atoms with van der Waals surface area (Å²) in [5.41, 5.74) is 0. The Morgan fingerprint density at radius 1 is 1.64 bits per heavy atom. The first-order chi connectivity index (χ1) is 5.05. The molecule has 1 heterocycles. The van der Waals surface area contributed by atoms with Crippen LogP contribution in [0.1, 0.15) is 6.42 Å². The molecule has 1 saturated heterocycles. The zero-order chi connectivity index (χ0) is 8.48. The molecule has 0 spiro atoms. The third-order valence-electron chi connectivity index (χ3n) is 2.05. The van der Waals surface area contributed by atoms with Gasteiger partial charge >= 0.3 is 0 Å². The lowest BCUT2D eigenvalue weighted by Crippen LogP contribution is -2.31. The number of sulfone groups is 1. The van der Waals surface area contributed by atoms with Gasteiger partial charge < -0.3 is 0 Å². The monoisotopic (exact) mass is 195 g/mol. The first-order valence-corrected chi connectivity index (χ1v) is 6.02. The number of nitrogens with zero attached hydrogens (tertiary/aromatic N) is 1. The van der Waals surface area contributed by atoms with E-state index in [0.29, 0.717) is 17.4 Å². The van der Waals surface area contributed by atoms with Crippen LogP contribution >= 0.6 is 12.6 Å². The van der Waals surface area contributed by atoms with Gasteiger partial charge in [0.1, 0.15) is 0 Å². The molecule has 11 heavy (non-hydrogen) atoms. The normalized spacial score (nSPS) is 29.5. The van der Waals surface area contributed by atoms with Crippen LogP contribution < -0.4 is 0 Å². The average molecular weight is 195 g/mol. The second kappa shape index (κ2) is 3.33. The molecule has 0 bridgehead atoms. The molecule has 1 aliphatic heterocycles. The Bertz CT molecular complexity index is 225. The molecule has 0 aromatic heterocycles. The van der Waals surface area contributed by atoms with E-state index in [1.54, 1.807) is 0 Å². The Balaban J connectivity index is 2.55. The summed E-state index contributed by atoms with van der Waals surface area (Å²) in [5, 5.41) is 0.